The van der Waals surface area contributed by atoms with Crippen molar-refractivity contribution in [2.75, 3.05) is 38.6 Å². The topological polar surface area (TPSA) is 18.5 Å². The van der Waals surface area contributed by atoms with Crippen LogP contribution < -0.4 is 10.2 Å². The molecule has 1 aromatic carbocycles. The Morgan fingerprint density at radius 2 is 1.95 bits per heavy atom. The van der Waals surface area contributed by atoms with Gasteiger partial charge in [-0.15, -0.1) is 0 Å². The van der Waals surface area contributed by atoms with Crippen LogP contribution in [0.15, 0.2) is 30.3 Å². The van der Waals surface area contributed by atoms with E-state index in [0.717, 1.165) is 19.6 Å². The highest BCUT2D eigenvalue weighted by Crippen LogP contribution is 2.28. The minimum absolute atomic E-state index is 0.215. The van der Waals surface area contributed by atoms with Gasteiger partial charge in [0, 0.05) is 30.4 Å². The predicted octanol–water partition coefficient (Wildman–Crippen LogP) is 2.20. The smallest absolute Gasteiger partial charge is 0.0367 e. The Balaban J connectivity index is 2.14. The number of nitrogens with zero attached hydrogens (tertiary/aromatic N) is 2. The molecule has 0 spiro atoms. The van der Waals surface area contributed by atoms with E-state index in [1.54, 1.807) is 0 Å². The zero-order chi connectivity index (χ0) is 13.9. The lowest BCUT2D eigenvalue weighted by Gasteiger charge is -2.51. The van der Waals surface area contributed by atoms with E-state index in [4.69, 9.17) is 0 Å². The number of hydrogen-bond donors (Lipinski definition) is 1. The van der Waals surface area contributed by atoms with Crippen LogP contribution in [-0.4, -0.2) is 50.2 Å². The van der Waals surface area contributed by atoms with Crippen LogP contribution in [-0.2, 0) is 0 Å². The van der Waals surface area contributed by atoms with Crippen LogP contribution in [0.2, 0.25) is 0 Å². The SMILES string of the molecule is CNCCC1CN(c2ccccc2)CC(C)(C)N1C. The lowest BCUT2D eigenvalue weighted by atomic mass is 9.93. The maximum Gasteiger partial charge on any atom is 0.0367 e. The summed E-state index contributed by atoms with van der Waals surface area (Å²) in [5, 5.41) is 3.27. The summed E-state index contributed by atoms with van der Waals surface area (Å²) in [6.45, 7) is 7.96. The highest BCUT2D eigenvalue weighted by atomic mass is 15.3. The van der Waals surface area contributed by atoms with Crippen LogP contribution in [0.1, 0.15) is 20.3 Å². The molecule has 0 amide bonds. The Morgan fingerprint density at radius 1 is 1.26 bits per heavy atom. The molecule has 1 unspecified atom stereocenters. The minimum Gasteiger partial charge on any atom is -0.368 e. The van der Waals surface area contributed by atoms with Crippen molar-refractivity contribution in [2.24, 2.45) is 0 Å². The Hall–Kier alpha value is -1.06. The molecule has 2 rings (SSSR count). The highest BCUT2D eigenvalue weighted by molar-refractivity contribution is 5.47. The highest BCUT2D eigenvalue weighted by Gasteiger charge is 2.37. The van der Waals surface area contributed by atoms with Crippen LogP contribution in [0.25, 0.3) is 0 Å². The predicted molar refractivity (Wildman–Crippen MR) is 82.8 cm³/mol. The first kappa shape index (κ1) is 14.4. The van der Waals surface area contributed by atoms with Crippen LogP contribution in [0.3, 0.4) is 0 Å². The lowest BCUT2D eigenvalue weighted by Crippen LogP contribution is -2.63. The molecular weight excluding hydrogens is 234 g/mol. The van der Waals surface area contributed by atoms with Crippen LogP contribution >= 0.6 is 0 Å². The third-order valence-electron chi connectivity index (χ3n) is 4.36. The van der Waals surface area contributed by atoms with Gasteiger partial charge in [0.15, 0.2) is 0 Å². The van der Waals surface area contributed by atoms with Gasteiger partial charge in [-0.2, -0.15) is 0 Å². The number of piperazine rings is 1. The standard InChI is InChI=1S/C16H27N3/c1-16(2)13-19(14-8-6-5-7-9-14)12-15(18(16)4)10-11-17-3/h5-9,15,17H,10-13H2,1-4H3. The molecule has 3 nitrogen and oxygen atoms in total. The quantitative estimate of drug-likeness (QED) is 0.896. The fraction of sp³-hybridized carbons (Fsp3) is 0.625. The van der Waals surface area contributed by atoms with Crippen molar-refractivity contribution in [2.45, 2.75) is 31.8 Å². The van der Waals surface area contributed by atoms with Crippen molar-refractivity contribution in [1.29, 1.82) is 0 Å². The summed E-state index contributed by atoms with van der Waals surface area (Å²) >= 11 is 0. The Labute approximate surface area is 117 Å². The normalized spacial score (nSPS) is 23.6. The number of nitrogens with one attached hydrogen (secondary N) is 1. The first-order chi connectivity index (χ1) is 9.04. The largest absolute Gasteiger partial charge is 0.368 e. The van der Waals surface area contributed by atoms with Gasteiger partial charge in [0.1, 0.15) is 0 Å². The second-order valence-electron chi connectivity index (χ2n) is 6.19. The fourth-order valence-corrected chi connectivity index (χ4v) is 2.95. The van der Waals surface area contributed by atoms with E-state index in [1.165, 1.54) is 12.1 Å². The molecule has 3 heteroatoms. The van der Waals surface area contributed by atoms with Gasteiger partial charge in [-0.25, -0.2) is 0 Å². The summed E-state index contributed by atoms with van der Waals surface area (Å²) in [5.74, 6) is 0. The second-order valence-corrected chi connectivity index (χ2v) is 6.19. The molecule has 0 aromatic heterocycles. The van der Waals surface area contributed by atoms with E-state index in [0.29, 0.717) is 6.04 Å². The maximum absolute atomic E-state index is 3.27. The van der Waals surface area contributed by atoms with Gasteiger partial charge in [-0.1, -0.05) is 18.2 Å². The molecule has 106 valence electrons. The van der Waals surface area contributed by atoms with Gasteiger partial charge in [-0.05, 0) is 53.0 Å². The molecule has 1 aliphatic heterocycles. The van der Waals surface area contributed by atoms with Crippen molar-refractivity contribution >= 4 is 5.69 Å². The number of likely N-dealkylation sites (N-methyl/N-ethyl adjacent to an activating group) is 1. The molecular formula is C16H27N3. The number of rotatable bonds is 4. The van der Waals surface area contributed by atoms with Crippen LogP contribution in [0.4, 0.5) is 5.69 Å². The zero-order valence-electron chi connectivity index (χ0n) is 12.7. The number of hydrogen-bond acceptors (Lipinski definition) is 3. The zero-order valence-corrected chi connectivity index (χ0v) is 12.7. The van der Waals surface area contributed by atoms with E-state index in [1.807, 2.05) is 7.05 Å². The van der Waals surface area contributed by atoms with Gasteiger partial charge in [0.2, 0.25) is 0 Å². The minimum atomic E-state index is 0.215. The van der Waals surface area contributed by atoms with E-state index >= 15 is 0 Å². The van der Waals surface area contributed by atoms with Gasteiger partial charge in [0.25, 0.3) is 0 Å². The fourth-order valence-electron chi connectivity index (χ4n) is 2.95. The first-order valence-electron chi connectivity index (χ1n) is 7.22. The lowest BCUT2D eigenvalue weighted by molar-refractivity contribution is 0.0760. The van der Waals surface area contributed by atoms with E-state index in [2.05, 4.69) is 66.3 Å². The average molecular weight is 261 g/mol. The third-order valence-corrected chi connectivity index (χ3v) is 4.36. The summed E-state index contributed by atoms with van der Waals surface area (Å²) in [6.07, 6.45) is 1.19. The molecule has 0 bridgehead atoms. The van der Waals surface area contributed by atoms with Crippen molar-refractivity contribution in [3.63, 3.8) is 0 Å². The molecule has 19 heavy (non-hydrogen) atoms. The van der Waals surface area contributed by atoms with Gasteiger partial charge >= 0.3 is 0 Å². The number of benzene rings is 1. The van der Waals surface area contributed by atoms with Crippen molar-refractivity contribution in [3.8, 4) is 0 Å². The van der Waals surface area contributed by atoms with E-state index < -0.39 is 0 Å². The van der Waals surface area contributed by atoms with E-state index in [9.17, 15) is 0 Å². The molecule has 1 aliphatic rings. The van der Waals surface area contributed by atoms with Crippen molar-refractivity contribution in [3.05, 3.63) is 30.3 Å². The first-order valence-corrected chi connectivity index (χ1v) is 7.22. The summed E-state index contributed by atoms with van der Waals surface area (Å²) in [5.41, 5.74) is 1.56. The molecule has 0 aliphatic carbocycles. The molecule has 1 heterocycles. The Bertz CT molecular complexity index is 388. The van der Waals surface area contributed by atoms with Crippen molar-refractivity contribution < 1.29 is 0 Å². The molecule has 1 N–H and O–H groups in total. The molecule has 1 fully saturated rings. The summed E-state index contributed by atoms with van der Waals surface area (Å²) in [7, 11) is 4.30. The van der Waals surface area contributed by atoms with E-state index in [-0.39, 0.29) is 5.54 Å². The molecule has 1 atom stereocenters. The van der Waals surface area contributed by atoms with Gasteiger partial charge < -0.3 is 10.2 Å². The maximum atomic E-state index is 3.27. The van der Waals surface area contributed by atoms with Crippen LogP contribution in [0.5, 0.6) is 0 Å². The monoisotopic (exact) mass is 261 g/mol. The van der Waals surface area contributed by atoms with Gasteiger partial charge in [-0.3, -0.25) is 4.90 Å². The number of anilines is 1. The summed E-state index contributed by atoms with van der Waals surface area (Å²) in [4.78, 5) is 5.07. The molecule has 0 radical (unpaired) electrons. The van der Waals surface area contributed by atoms with Crippen molar-refractivity contribution in [1.82, 2.24) is 10.2 Å². The third kappa shape index (κ3) is 3.28. The number of para-hydroxylation sites is 1. The molecule has 0 saturated carbocycles. The second kappa shape index (κ2) is 5.93. The Kier molecular flexibility index (Phi) is 4.48. The molecule has 1 aromatic rings. The van der Waals surface area contributed by atoms with Gasteiger partial charge in [0.05, 0.1) is 0 Å². The van der Waals surface area contributed by atoms with Crippen LogP contribution in [0, 0.1) is 0 Å². The Morgan fingerprint density at radius 3 is 2.58 bits per heavy atom. The molecule has 1 saturated heterocycles. The summed E-state index contributed by atoms with van der Waals surface area (Å²) < 4.78 is 0. The average Bonchev–Trinajstić information content (AvgIpc) is 2.41. The summed E-state index contributed by atoms with van der Waals surface area (Å²) in [6, 6.07) is 11.4.